The first-order chi connectivity index (χ1) is 9.18. The molecule has 0 aromatic heterocycles. The normalized spacial score (nSPS) is 19.6. The summed E-state index contributed by atoms with van der Waals surface area (Å²) in [7, 11) is 2.01. The molecule has 0 aliphatic heterocycles. The lowest BCUT2D eigenvalue weighted by Crippen LogP contribution is -2.55. The number of aliphatic hydroxyl groups is 4. The van der Waals surface area contributed by atoms with Crippen LogP contribution in [0, 0.1) is 0 Å². The van der Waals surface area contributed by atoms with E-state index in [0.29, 0.717) is 37.2 Å². The maximum absolute atomic E-state index is 9.62. The van der Waals surface area contributed by atoms with Gasteiger partial charge >= 0.3 is 0 Å². The van der Waals surface area contributed by atoms with Gasteiger partial charge in [-0.25, -0.2) is 0 Å². The molecule has 122 valence electrons. The zero-order valence-electron chi connectivity index (χ0n) is 13.4. The Hall–Kier alpha value is -0.240. The summed E-state index contributed by atoms with van der Waals surface area (Å²) in [5, 5.41) is 37.8. The second-order valence-corrected chi connectivity index (χ2v) is 6.28. The summed E-state index contributed by atoms with van der Waals surface area (Å²) in [6.07, 6.45) is -1.29. The van der Waals surface area contributed by atoms with Crippen LogP contribution in [0.25, 0.3) is 0 Å². The standard InChI is InChI=1S/C14H33N2O4/c1-12(18)9-15(6-8-17)5-7-16(4,10-13(2)19)11-14(3)20/h12-14,17-20H,5-11H2,1-4H3/q+1. The third-order valence-electron chi connectivity index (χ3n) is 3.30. The maximum Gasteiger partial charge on any atom is 0.105 e. The van der Waals surface area contributed by atoms with E-state index in [4.69, 9.17) is 5.11 Å². The Morgan fingerprint density at radius 1 is 0.900 bits per heavy atom. The van der Waals surface area contributed by atoms with E-state index in [2.05, 4.69) is 0 Å². The van der Waals surface area contributed by atoms with Crippen molar-refractivity contribution in [3.05, 3.63) is 0 Å². The van der Waals surface area contributed by atoms with Crippen LogP contribution in [0.15, 0.2) is 0 Å². The minimum Gasteiger partial charge on any atom is -0.395 e. The molecule has 3 atom stereocenters. The Morgan fingerprint density at radius 3 is 1.75 bits per heavy atom. The molecule has 3 unspecified atom stereocenters. The van der Waals surface area contributed by atoms with Gasteiger partial charge in [0, 0.05) is 19.6 Å². The maximum atomic E-state index is 9.62. The Morgan fingerprint density at radius 2 is 1.40 bits per heavy atom. The lowest BCUT2D eigenvalue weighted by Gasteiger charge is -2.38. The Bertz CT molecular complexity index is 237. The molecule has 0 amide bonds. The van der Waals surface area contributed by atoms with Crippen molar-refractivity contribution in [2.24, 2.45) is 0 Å². The van der Waals surface area contributed by atoms with Crippen LogP contribution in [0.4, 0.5) is 0 Å². The van der Waals surface area contributed by atoms with Crippen LogP contribution in [0.1, 0.15) is 20.8 Å². The van der Waals surface area contributed by atoms with Crippen molar-refractivity contribution >= 4 is 0 Å². The molecule has 0 aromatic rings. The molecule has 6 nitrogen and oxygen atoms in total. The Kier molecular flexibility index (Phi) is 9.54. The number of hydrogen-bond acceptors (Lipinski definition) is 5. The molecule has 0 heterocycles. The monoisotopic (exact) mass is 293 g/mol. The van der Waals surface area contributed by atoms with Gasteiger partial charge < -0.3 is 24.9 Å². The van der Waals surface area contributed by atoms with E-state index in [0.717, 1.165) is 6.54 Å². The number of quaternary nitrogens is 1. The molecular formula is C14H33N2O4+. The minimum absolute atomic E-state index is 0.0588. The molecule has 0 saturated carbocycles. The van der Waals surface area contributed by atoms with E-state index in [1.54, 1.807) is 20.8 Å². The van der Waals surface area contributed by atoms with Crippen molar-refractivity contribution in [3.8, 4) is 0 Å². The topological polar surface area (TPSA) is 84.2 Å². The van der Waals surface area contributed by atoms with Gasteiger partial charge in [0.15, 0.2) is 0 Å². The van der Waals surface area contributed by atoms with Gasteiger partial charge in [0.05, 0.1) is 26.3 Å². The predicted molar refractivity (Wildman–Crippen MR) is 79.4 cm³/mol. The highest BCUT2D eigenvalue weighted by Gasteiger charge is 2.26. The van der Waals surface area contributed by atoms with Crippen molar-refractivity contribution in [1.82, 2.24) is 4.90 Å². The quantitative estimate of drug-likeness (QED) is 0.362. The van der Waals surface area contributed by atoms with E-state index >= 15 is 0 Å². The summed E-state index contributed by atoms with van der Waals surface area (Å²) in [5.41, 5.74) is 0. The number of likely N-dealkylation sites (N-methyl/N-ethyl adjacent to an activating group) is 1. The summed E-state index contributed by atoms with van der Waals surface area (Å²) < 4.78 is 0.567. The van der Waals surface area contributed by atoms with Crippen molar-refractivity contribution < 1.29 is 24.9 Å². The Labute approximate surface area is 122 Å². The van der Waals surface area contributed by atoms with Crippen LogP contribution in [-0.4, -0.2) is 101 Å². The third kappa shape index (κ3) is 9.63. The minimum atomic E-state index is -0.436. The Balaban J connectivity index is 4.53. The number of rotatable bonds is 11. The van der Waals surface area contributed by atoms with E-state index in [-0.39, 0.29) is 6.61 Å². The van der Waals surface area contributed by atoms with Crippen molar-refractivity contribution in [3.63, 3.8) is 0 Å². The van der Waals surface area contributed by atoms with Gasteiger partial charge in [0.1, 0.15) is 25.3 Å². The number of aliphatic hydroxyl groups excluding tert-OH is 4. The number of hydrogen-bond donors (Lipinski definition) is 4. The van der Waals surface area contributed by atoms with Crippen LogP contribution in [0.3, 0.4) is 0 Å². The average molecular weight is 293 g/mol. The van der Waals surface area contributed by atoms with Crippen LogP contribution in [-0.2, 0) is 0 Å². The SMILES string of the molecule is CC(O)CN(CCO)CC[N+](C)(CC(C)O)CC(C)O. The molecule has 20 heavy (non-hydrogen) atoms. The van der Waals surface area contributed by atoms with Gasteiger partial charge in [-0.2, -0.15) is 0 Å². The summed E-state index contributed by atoms with van der Waals surface area (Å²) in [4.78, 5) is 2.01. The fourth-order valence-corrected chi connectivity index (χ4v) is 2.73. The predicted octanol–water partition coefficient (Wildman–Crippen LogP) is -1.13. The molecule has 0 bridgehead atoms. The fraction of sp³-hybridized carbons (Fsp3) is 1.00. The van der Waals surface area contributed by atoms with Crippen LogP contribution >= 0.6 is 0 Å². The van der Waals surface area contributed by atoms with E-state index in [9.17, 15) is 15.3 Å². The first-order valence-corrected chi connectivity index (χ1v) is 7.39. The molecule has 0 aromatic carbocycles. The van der Waals surface area contributed by atoms with E-state index < -0.39 is 18.3 Å². The number of nitrogens with zero attached hydrogens (tertiary/aromatic N) is 2. The average Bonchev–Trinajstić information content (AvgIpc) is 2.23. The van der Waals surface area contributed by atoms with Crippen molar-refractivity contribution in [2.75, 3.05) is 52.9 Å². The highest BCUT2D eigenvalue weighted by molar-refractivity contribution is 4.62. The smallest absolute Gasteiger partial charge is 0.105 e. The van der Waals surface area contributed by atoms with E-state index in [1.165, 1.54) is 0 Å². The molecule has 0 rings (SSSR count). The van der Waals surface area contributed by atoms with Gasteiger partial charge in [-0.05, 0) is 20.8 Å². The second kappa shape index (κ2) is 9.65. The summed E-state index contributed by atoms with van der Waals surface area (Å²) in [6.45, 7) is 8.94. The third-order valence-corrected chi connectivity index (χ3v) is 3.30. The lowest BCUT2D eigenvalue weighted by molar-refractivity contribution is -0.914. The lowest BCUT2D eigenvalue weighted by atomic mass is 10.2. The van der Waals surface area contributed by atoms with Crippen LogP contribution in [0.2, 0.25) is 0 Å². The molecular weight excluding hydrogens is 260 g/mol. The molecule has 0 radical (unpaired) electrons. The molecule has 0 aliphatic carbocycles. The summed E-state index contributed by atoms with van der Waals surface area (Å²) in [5.74, 6) is 0. The highest BCUT2D eigenvalue weighted by Crippen LogP contribution is 2.08. The second-order valence-electron chi connectivity index (χ2n) is 6.28. The zero-order chi connectivity index (χ0) is 15.8. The van der Waals surface area contributed by atoms with Crippen molar-refractivity contribution in [2.45, 2.75) is 39.1 Å². The van der Waals surface area contributed by atoms with Gasteiger partial charge in [0.2, 0.25) is 0 Å². The summed E-state index contributed by atoms with van der Waals surface area (Å²) in [6, 6.07) is 0. The van der Waals surface area contributed by atoms with Gasteiger partial charge in [-0.3, -0.25) is 4.90 Å². The molecule has 6 heteroatoms. The molecule has 0 fully saturated rings. The van der Waals surface area contributed by atoms with Crippen LogP contribution < -0.4 is 0 Å². The van der Waals surface area contributed by atoms with Crippen molar-refractivity contribution in [1.29, 1.82) is 0 Å². The van der Waals surface area contributed by atoms with Gasteiger partial charge in [-0.15, -0.1) is 0 Å². The first-order valence-electron chi connectivity index (χ1n) is 7.39. The van der Waals surface area contributed by atoms with Gasteiger partial charge in [-0.1, -0.05) is 0 Å². The fourth-order valence-electron chi connectivity index (χ4n) is 2.73. The van der Waals surface area contributed by atoms with Gasteiger partial charge in [0.25, 0.3) is 0 Å². The molecule has 0 aliphatic rings. The van der Waals surface area contributed by atoms with E-state index in [1.807, 2.05) is 11.9 Å². The van der Waals surface area contributed by atoms with Crippen LogP contribution in [0.5, 0.6) is 0 Å². The molecule has 0 saturated heterocycles. The molecule has 0 spiro atoms. The zero-order valence-corrected chi connectivity index (χ0v) is 13.4. The molecule has 4 N–H and O–H groups in total. The highest BCUT2D eigenvalue weighted by atomic mass is 16.3. The summed E-state index contributed by atoms with van der Waals surface area (Å²) >= 11 is 0. The largest absolute Gasteiger partial charge is 0.395 e. The first kappa shape index (κ1) is 19.8.